The SMILES string of the molecule is O=Cc1ccc2c(c1)C1C(=O)OC(=O)C1CC2C1CC(=O)OC1=O. The van der Waals surface area contributed by atoms with Crippen LogP contribution >= 0.6 is 0 Å². The zero-order valence-corrected chi connectivity index (χ0v) is 12.4. The van der Waals surface area contributed by atoms with Gasteiger partial charge in [-0.1, -0.05) is 12.1 Å². The number of esters is 4. The molecule has 1 aliphatic carbocycles. The van der Waals surface area contributed by atoms with Crippen molar-refractivity contribution in [1.82, 2.24) is 0 Å². The molecule has 0 bridgehead atoms. The van der Waals surface area contributed by atoms with Gasteiger partial charge in [0.05, 0.1) is 24.2 Å². The molecule has 2 aliphatic heterocycles. The molecule has 0 radical (unpaired) electrons. The minimum absolute atomic E-state index is 0.0568. The van der Waals surface area contributed by atoms with Crippen LogP contribution in [0.4, 0.5) is 0 Å². The van der Waals surface area contributed by atoms with E-state index < -0.39 is 47.5 Å². The molecule has 1 aromatic carbocycles. The normalized spacial score (nSPS) is 31.3. The molecule has 0 amide bonds. The molecule has 4 atom stereocenters. The van der Waals surface area contributed by atoms with Crippen LogP contribution in [0.15, 0.2) is 18.2 Å². The summed E-state index contributed by atoms with van der Waals surface area (Å²) in [5.41, 5.74) is 1.57. The van der Waals surface area contributed by atoms with Crippen LogP contribution in [0.5, 0.6) is 0 Å². The molecule has 2 saturated heterocycles. The molecule has 0 aromatic heterocycles. The Morgan fingerprint density at radius 2 is 1.62 bits per heavy atom. The van der Waals surface area contributed by atoms with Gasteiger partial charge in [0.1, 0.15) is 6.29 Å². The van der Waals surface area contributed by atoms with Crippen molar-refractivity contribution in [2.75, 3.05) is 0 Å². The standard InChI is InChI=1S/C17H12O7/c18-6-7-1-2-8-9(11-5-13(19)23-15(11)20)4-12-14(10(8)3-7)17(22)24-16(12)21/h1-3,6,9,11-12,14H,4-5H2. The van der Waals surface area contributed by atoms with Crippen LogP contribution in [-0.4, -0.2) is 30.2 Å². The van der Waals surface area contributed by atoms with Crippen LogP contribution in [0.3, 0.4) is 0 Å². The summed E-state index contributed by atoms with van der Waals surface area (Å²) < 4.78 is 9.38. The molecule has 24 heavy (non-hydrogen) atoms. The van der Waals surface area contributed by atoms with Gasteiger partial charge in [0.25, 0.3) is 0 Å². The lowest BCUT2D eigenvalue weighted by Crippen LogP contribution is -2.31. The molecular weight excluding hydrogens is 316 g/mol. The average molecular weight is 328 g/mol. The number of hydrogen-bond donors (Lipinski definition) is 0. The van der Waals surface area contributed by atoms with Crippen LogP contribution in [0.2, 0.25) is 0 Å². The first-order valence-corrected chi connectivity index (χ1v) is 7.58. The third-order valence-corrected chi connectivity index (χ3v) is 5.04. The molecule has 3 aliphatic rings. The maximum atomic E-state index is 12.0. The number of carbonyl (C=O) groups excluding carboxylic acids is 5. The third kappa shape index (κ3) is 2.01. The molecule has 0 spiro atoms. The summed E-state index contributed by atoms with van der Waals surface area (Å²) in [6, 6.07) is 4.81. The van der Waals surface area contributed by atoms with Gasteiger partial charge in [-0.15, -0.1) is 0 Å². The number of hydrogen-bond acceptors (Lipinski definition) is 7. The second-order valence-corrected chi connectivity index (χ2v) is 6.28. The summed E-state index contributed by atoms with van der Waals surface area (Å²) in [7, 11) is 0. The Morgan fingerprint density at radius 1 is 0.875 bits per heavy atom. The number of aldehydes is 1. The number of carbonyl (C=O) groups is 5. The molecular formula is C17H12O7. The molecule has 7 nitrogen and oxygen atoms in total. The van der Waals surface area contributed by atoms with Crippen molar-refractivity contribution in [2.45, 2.75) is 24.7 Å². The molecule has 122 valence electrons. The minimum atomic E-state index is -0.767. The van der Waals surface area contributed by atoms with Gasteiger partial charge in [0.2, 0.25) is 0 Å². The second-order valence-electron chi connectivity index (χ2n) is 6.28. The Bertz CT molecular complexity index is 809. The first-order valence-electron chi connectivity index (χ1n) is 7.58. The van der Waals surface area contributed by atoms with Gasteiger partial charge in [-0.2, -0.15) is 0 Å². The Labute approximate surface area is 135 Å². The van der Waals surface area contributed by atoms with Crippen LogP contribution < -0.4 is 0 Å². The summed E-state index contributed by atoms with van der Waals surface area (Å²) in [5, 5.41) is 0. The zero-order chi connectivity index (χ0) is 17.0. The van der Waals surface area contributed by atoms with Crippen LogP contribution in [-0.2, 0) is 28.7 Å². The molecule has 4 rings (SSSR count). The van der Waals surface area contributed by atoms with Crippen molar-refractivity contribution >= 4 is 30.2 Å². The maximum Gasteiger partial charge on any atom is 0.321 e. The van der Waals surface area contributed by atoms with Gasteiger partial charge in [0, 0.05) is 5.56 Å². The van der Waals surface area contributed by atoms with Crippen molar-refractivity contribution in [3.63, 3.8) is 0 Å². The van der Waals surface area contributed by atoms with Gasteiger partial charge < -0.3 is 9.47 Å². The van der Waals surface area contributed by atoms with Crippen molar-refractivity contribution < 1.29 is 33.4 Å². The lowest BCUT2D eigenvalue weighted by Gasteiger charge is -2.32. The van der Waals surface area contributed by atoms with E-state index >= 15 is 0 Å². The lowest BCUT2D eigenvalue weighted by atomic mass is 9.67. The molecule has 1 aromatic rings. The van der Waals surface area contributed by atoms with E-state index in [1.807, 2.05) is 0 Å². The van der Waals surface area contributed by atoms with Gasteiger partial charge in [-0.3, -0.25) is 24.0 Å². The smallest absolute Gasteiger partial charge is 0.321 e. The van der Waals surface area contributed by atoms with Crippen molar-refractivity contribution in [1.29, 1.82) is 0 Å². The van der Waals surface area contributed by atoms with Crippen LogP contribution in [0, 0.1) is 11.8 Å². The molecule has 4 unspecified atom stereocenters. The fourth-order valence-corrected chi connectivity index (χ4v) is 3.97. The molecule has 2 heterocycles. The zero-order valence-electron chi connectivity index (χ0n) is 12.4. The maximum absolute atomic E-state index is 12.0. The number of fused-ring (bicyclic) bond motifs is 3. The molecule has 7 heteroatoms. The second kappa shape index (κ2) is 5.09. The van der Waals surface area contributed by atoms with E-state index in [-0.39, 0.29) is 12.8 Å². The highest BCUT2D eigenvalue weighted by Crippen LogP contribution is 2.51. The number of rotatable bonds is 2. The highest BCUT2D eigenvalue weighted by molar-refractivity contribution is 6.01. The Morgan fingerprint density at radius 3 is 2.29 bits per heavy atom. The largest absolute Gasteiger partial charge is 0.393 e. The van der Waals surface area contributed by atoms with E-state index in [0.717, 1.165) is 0 Å². The average Bonchev–Trinajstić information content (AvgIpc) is 3.04. The topological polar surface area (TPSA) is 104 Å². The summed E-state index contributed by atoms with van der Waals surface area (Å²) in [5.74, 6) is -5.08. The highest BCUT2D eigenvalue weighted by atomic mass is 16.6. The first kappa shape index (κ1) is 14.7. The quantitative estimate of drug-likeness (QED) is 0.450. The van der Waals surface area contributed by atoms with Crippen molar-refractivity contribution in [3.05, 3.63) is 34.9 Å². The van der Waals surface area contributed by atoms with E-state index in [2.05, 4.69) is 4.74 Å². The summed E-state index contributed by atoms with van der Waals surface area (Å²) in [6.45, 7) is 0. The Hall–Kier alpha value is -2.83. The first-order chi connectivity index (χ1) is 11.5. The monoisotopic (exact) mass is 328 g/mol. The highest BCUT2D eigenvalue weighted by Gasteiger charge is 2.53. The molecule has 0 saturated carbocycles. The van der Waals surface area contributed by atoms with Gasteiger partial charge in [-0.25, -0.2) is 0 Å². The van der Waals surface area contributed by atoms with E-state index in [1.165, 1.54) is 0 Å². The van der Waals surface area contributed by atoms with Gasteiger partial charge in [0.15, 0.2) is 0 Å². The van der Waals surface area contributed by atoms with Crippen LogP contribution in [0.25, 0.3) is 0 Å². The summed E-state index contributed by atoms with van der Waals surface area (Å²) in [6.07, 6.45) is 0.822. The fraction of sp³-hybridized carbons (Fsp3) is 0.353. The summed E-state index contributed by atoms with van der Waals surface area (Å²) in [4.78, 5) is 58.5. The fourth-order valence-electron chi connectivity index (χ4n) is 3.97. The molecule has 2 fully saturated rings. The Balaban J connectivity index is 1.85. The molecule has 0 N–H and O–H groups in total. The van der Waals surface area contributed by atoms with E-state index in [4.69, 9.17) is 4.74 Å². The number of cyclic esters (lactones) is 4. The van der Waals surface area contributed by atoms with E-state index in [1.54, 1.807) is 18.2 Å². The third-order valence-electron chi connectivity index (χ3n) is 5.04. The van der Waals surface area contributed by atoms with Gasteiger partial charge in [-0.05, 0) is 29.5 Å². The van der Waals surface area contributed by atoms with Crippen LogP contribution in [0.1, 0.15) is 46.2 Å². The van der Waals surface area contributed by atoms with Crippen molar-refractivity contribution in [2.24, 2.45) is 11.8 Å². The van der Waals surface area contributed by atoms with E-state index in [9.17, 15) is 24.0 Å². The van der Waals surface area contributed by atoms with E-state index in [0.29, 0.717) is 23.0 Å². The summed E-state index contributed by atoms with van der Waals surface area (Å²) >= 11 is 0. The predicted octanol–water partition coefficient (Wildman–Crippen LogP) is 0.859. The predicted molar refractivity (Wildman–Crippen MR) is 75.7 cm³/mol. The Kier molecular flexibility index (Phi) is 3.13. The number of benzene rings is 1. The minimum Gasteiger partial charge on any atom is -0.393 e. The van der Waals surface area contributed by atoms with Crippen molar-refractivity contribution in [3.8, 4) is 0 Å². The lowest BCUT2D eigenvalue weighted by molar-refractivity contribution is -0.155. The number of ether oxygens (including phenoxy) is 2. The van der Waals surface area contributed by atoms with Gasteiger partial charge >= 0.3 is 23.9 Å².